The van der Waals surface area contributed by atoms with E-state index in [-0.39, 0.29) is 0 Å². The first-order valence-corrected chi connectivity index (χ1v) is 10.3. The highest BCUT2D eigenvalue weighted by molar-refractivity contribution is 6.30. The van der Waals surface area contributed by atoms with Crippen molar-refractivity contribution in [2.75, 3.05) is 0 Å². The first-order valence-electron chi connectivity index (χ1n) is 9.96. The normalized spacial score (nSPS) is 24.9. The summed E-state index contributed by atoms with van der Waals surface area (Å²) < 4.78 is 6.21. The van der Waals surface area contributed by atoms with Gasteiger partial charge in [-0.15, -0.1) is 0 Å². The van der Waals surface area contributed by atoms with Crippen molar-refractivity contribution in [1.29, 1.82) is 0 Å². The van der Waals surface area contributed by atoms with Crippen LogP contribution in [0.15, 0.2) is 84.6 Å². The molecule has 4 nitrogen and oxygen atoms in total. The zero-order valence-corrected chi connectivity index (χ0v) is 17.5. The number of hydrogen-bond donors (Lipinski definition) is 2. The first-order chi connectivity index (χ1) is 14.5. The number of carboxylic acid groups (broad SMARTS) is 1. The van der Waals surface area contributed by atoms with Crippen LogP contribution in [0.25, 0.3) is 0 Å². The Labute approximate surface area is 181 Å². The van der Waals surface area contributed by atoms with Crippen molar-refractivity contribution in [3.05, 3.63) is 101 Å². The van der Waals surface area contributed by atoms with Gasteiger partial charge in [0.1, 0.15) is 17.8 Å². The van der Waals surface area contributed by atoms with E-state index >= 15 is 0 Å². The molecule has 2 atom stereocenters. The molecule has 4 rings (SSSR count). The fourth-order valence-electron chi connectivity index (χ4n) is 4.43. The quantitative estimate of drug-likeness (QED) is 0.637. The van der Waals surface area contributed by atoms with E-state index in [2.05, 4.69) is 5.32 Å². The molecule has 1 aliphatic heterocycles. The lowest BCUT2D eigenvalue weighted by molar-refractivity contribution is -0.150. The molecular formula is C25H24ClNO3. The predicted octanol–water partition coefficient (Wildman–Crippen LogP) is 5.60. The average molecular weight is 422 g/mol. The Morgan fingerprint density at radius 2 is 1.97 bits per heavy atom. The summed E-state index contributed by atoms with van der Waals surface area (Å²) in [5, 5.41) is 14.4. The molecule has 2 unspecified atom stereocenters. The largest absolute Gasteiger partial charge is 0.489 e. The molecule has 30 heavy (non-hydrogen) atoms. The van der Waals surface area contributed by atoms with E-state index in [4.69, 9.17) is 16.3 Å². The molecule has 0 bridgehead atoms. The van der Waals surface area contributed by atoms with Gasteiger partial charge < -0.3 is 15.2 Å². The number of hydrogen-bond acceptors (Lipinski definition) is 3. The summed E-state index contributed by atoms with van der Waals surface area (Å²) >= 11 is 6.39. The zero-order valence-electron chi connectivity index (χ0n) is 16.8. The van der Waals surface area contributed by atoms with E-state index in [0.29, 0.717) is 30.2 Å². The average Bonchev–Trinajstić information content (AvgIpc) is 3.17. The second-order valence-corrected chi connectivity index (χ2v) is 8.24. The molecule has 154 valence electrons. The molecule has 0 radical (unpaired) electrons. The van der Waals surface area contributed by atoms with Gasteiger partial charge in [-0.2, -0.15) is 0 Å². The van der Waals surface area contributed by atoms with E-state index in [1.807, 2.05) is 73.7 Å². The van der Waals surface area contributed by atoms with Crippen LogP contribution in [-0.2, 0) is 16.9 Å². The number of aliphatic carboxylic acids is 1. The van der Waals surface area contributed by atoms with E-state index in [1.54, 1.807) is 12.1 Å². The van der Waals surface area contributed by atoms with Crippen LogP contribution in [0.2, 0.25) is 5.02 Å². The van der Waals surface area contributed by atoms with Gasteiger partial charge in [-0.25, -0.2) is 0 Å². The van der Waals surface area contributed by atoms with Gasteiger partial charge in [0.15, 0.2) is 0 Å². The molecule has 0 amide bonds. The van der Waals surface area contributed by atoms with Gasteiger partial charge in [-0.1, -0.05) is 72.3 Å². The number of allylic oxidation sites excluding steroid dienone is 4. The minimum atomic E-state index is -1.18. The van der Waals surface area contributed by atoms with Gasteiger partial charge >= 0.3 is 5.97 Å². The lowest BCUT2D eigenvalue weighted by Gasteiger charge is -2.46. The van der Waals surface area contributed by atoms with Crippen LogP contribution in [0, 0.1) is 5.41 Å². The highest BCUT2D eigenvalue weighted by atomic mass is 35.5. The molecule has 2 aromatic rings. The van der Waals surface area contributed by atoms with Gasteiger partial charge in [-0.3, -0.25) is 4.79 Å². The van der Waals surface area contributed by atoms with Crippen LogP contribution in [0.5, 0.6) is 5.75 Å². The van der Waals surface area contributed by atoms with Crippen LogP contribution in [0.1, 0.15) is 30.9 Å². The molecule has 1 heterocycles. The van der Waals surface area contributed by atoms with Crippen molar-refractivity contribution in [1.82, 2.24) is 5.32 Å². The second-order valence-electron chi connectivity index (χ2n) is 7.80. The van der Waals surface area contributed by atoms with Gasteiger partial charge in [0, 0.05) is 16.3 Å². The van der Waals surface area contributed by atoms with Gasteiger partial charge in [0.25, 0.3) is 0 Å². The summed E-state index contributed by atoms with van der Waals surface area (Å²) in [6.07, 6.45) is 10.3. The van der Waals surface area contributed by atoms with Gasteiger partial charge in [0.05, 0.1) is 5.54 Å². The van der Waals surface area contributed by atoms with Crippen LogP contribution >= 0.6 is 11.6 Å². The summed E-state index contributed by atoms with van der Waals surface area (Å²) in [5.74, 6) is -0.255. The Hall–Kier alpha value is -2.98. The molecule has 5 heteroatoms. The molecule has 0 saturated heterocycles. The smallest absolute Gasteiger partial charge is 0.316 e. The summed E-state index contributed by atoms with van der Waals surface area (Å²) in [6, 6.07) is 15.3. The monoisotopic (exact) mass is 421 g/mol. The van der Waals surface area contributed by atoms with E-state index in [9.17, 15) is 9.90 Å². The molecule has 0 spiro atoms. The van der Waals surface area contributed by atoms with Crippen molar-refractivity contribution in [3.8, 4) is 5.75 Å². The van der Waals surface area contributed by atoms with Crippen LogP contribution < -0.4 is 10.1 Å². The summed E-state index contributed by atoms with van der Waals surface area (Å²) in [6.45, 7) is 2.34. The lowest BCUT2D eigenvalue weighted by Crippen LogP contribution is -2.56. The number of halogens is 1. The van der Waals surface area contributed by atoms with Crippen molar-refractivity contribution >= 4 is 17.6 Å². The van der Waals surface area contributed by atoms with Crippen LogP contribution in [0.4, 0.5) is 0 Å². The van der Waals surface area contributed by atoms with Crippen molar-refractivity contribution in [3.63, 3.8) is 0 Å². The highest BCUT2D eigenvalue weighted by Gasteiger charge is 2.58. The number of ether oxygens (including phenoxy) is 1. The Kier molecular flexibility index (Phi) is 5.44. The molecule has 1 aliphatic carbocycles. The Bertz CT molecular complexity index is 1040. The molecule has 0 aromatic heterocycles. The predicted molar refractivity (Wildman–Crippen MR) is 118 cm³/mol. The number of carbonyl (C=O) groups is 1. The van der Waals surface area contributed by atoms with Crippen molar-refractivity contribution in [2.45, 2.75) is 31.9 Å². The number of carboxylic acids is 1. The van der Waals surface area contributed by atoms with E-state index in [1.165, 1.54) is 0 Å². The number of benzene rings is 2. The molecule has 0 saturated carbocycles. The summed E-state index contributed by atoms with van der Waals surface area (Å²) in [5.41, 5.74) is 0.635. The number of rotatable bonds is 6. The molecule has 2 aromatic carbocycles. The topological polar surface area (TPSA) is 58.6 Å². The van der Waals surface area contributed by atoms with Crippen LogP contribution in [-0.4, -0.2) is 11.1 Å². The van der Waals surface area contributed by atoms with Crippen molar-refractivity contribution < 1.29 is 14.6 Å². The van der Waals surface area contributed by atoms with Crippen LogP contribution in [0.3, 0.4) is 0 Å². The fraction of sp³-hybridized carbons (Fsp3) is 0.240. The van der Waals surface area contributed by atoms with E-state index < -0.39 is 16.9 Å². The third-order valence-electron chi connectivity index (χ3n) is 5.97. The first kappa shape index (κ1) is 20.3. The molecule has 2 N–H and O–H groups in total. The third kappa shape index (κ3) is 3.41. The second kappa shape index (κ2) is 8.04. The maximum atomic E-state index is 12.7. The zero-order chi connectivity index (χ0) is 21.2. The fourth-order valence-corrected chi connectivity index (χ4v) is 4.60. The number of nitrogens with one attached hydrogen (secondary N) is 1. The minimum absolute atomic E-state index is 0.373. The van der Waals surface area contributed by atoms with E-state index in [0.717, 1.165) is 16.8 Å². The molecular weight excluding hydrogens is 398 g/mol. The van der Waals surface area contributed by atoms with Crippen molar-refractivity contribution in [2.24, 2.45) is 5.41 Å². The highest BCUT2D eigenvalue weighted by Crippen LogP contribution is 2.53. The van der Waals surface area contributed by atoms with Gasteiger partial charge in [0.2, 0.25) is 0 Å². The third-order valence-corrected chi connectivity index (χ3v) is 6.21. The Balaban J connectivity index is 1.82. The minimum Gasteiger partial charge on any atom is -0.489 e. The SMILES string of the molecule is CC1=CCC(c2cc(Cl)ccc2OCc2ccccc2)(C2(C(=O)O)C=CC=CC2)N1. The summed E-state index contributed by atoms with van der Waals surface area (Å²) in [7, 11) is 0. The standard InChI is InChI=1S/C25H24ClNO3/c1-18-12-15-25(27-18,24(23(28)29)13-6-3-7-14-24)21-16-20(26)10-11-22(21)30-17-19-8-4-2-5-9-19/h2-13,16,27H,14-15,17H2,1H3,(H,28,29). The lowest BCUT2D eigenvalue weighted by atomic mass is 9.61. The Morgan fingerprint density at radius 1 is 1.17 bits per heavy atom. The Morgan fingerprint density at radius 3 is 2.60 bits per heavy atom. The molecule has 2 aliphatic rings. The summed E-state index contributed by atoms with van der Waals surface area (Å²) in [4.78, 5) is 12.7. The maximum Gasteiger partial charge on any atom is 0.316 e. The van der Waals surface area contributed by atoms with Gasteiger partial charge in [-0.05, 0) is 43.5 Å². The maximum absolute atomic E-state index is 12.7. The molecule has 0 fully saturated rings.